The monoisotopic (exact) mass is 355 g/mol. The molecule has 2 aromatic rings. The first-order chi connectivity index (χ1) is 12.5. The molecular formula is C19H21N3O4. The second-order valence-corrected chi connectivity index (χ2v) is 7.11. The summed E-state index contributed by atoms with van der Waals surface area (Å²) < 4.78 is 6.01. The number of nitrogens with one attached hydrogen (secondary N) is 1. The van der Waals surface area contributed by atoms with E-state index in [2.05, 4.69) is 22.1 Å². The minimum absolute atomic E-state index is 0.0908. The van der Waals surface area contributed by atoms with Crippen LogP contribution in [0.2, 0.25) is 0 Å². The summed E-state index contributed by atoms with van der Waals surface area (Å²) in [5.74, 6) is 0.222. The van der Waals surface area contributed by atoms with E-state index >= 15 is 0 Å². The molecule has 136 valence electrons. The molecule has 2 N–H and O–H groups in total. The maximum absolute atomic E-state index is 12.7. The molecule has 0 unspecified atom stereocenters. The number of aromatic amines is 1. The highest BCUT2D eigenvalue weighted by Gasteiger charge is 2.53. The number of benzene rings is 1. The molecule has 0 aliphatic carbocycles. The van der Waals surface area contributed by atoms with E-state index in [4.69, 9.17) is 4.74 Å². The number of aryl methyl sites for hydroxylation is 1. The second-order valence-electron chi connectivity index (χ2n) is 7.11. The number of H-pyrrole nitrogens is 1. The Balaban J connectivity index is 1.53. The van der Waals surface area contributed by atoms with Crippen molar-refractivity contribution >= 4 is 5.91 Å². The van der Waals surface area contributed by atoms with Crippen molar-refractivity contribution in [1.29, 1.82) is 0 Å². The lowest BCUT2D eigenvalue weighted by Crippen LogP contribution is -2.41. The van der Waals surface area contributed by atoms with Crippen LogP contribution in [0.1, 0.15) is 34.2 Å². The zero-order valence-electron chi connectivity index (χ0n) is 14.5. The van der Waals surface area contributed by atoms with Gasteiger partial charge in [-0.05, 0) is 18.9 Å². The van der Waals surface area contributed by atoms with Crippen LogP contribution in [0.3, 0.4) is 0 Å². The number of hydrogen-bond acceptors (Lipinski definition) is 5. The van der Waals surface area contributed by atoms with Crippen LogP contribution in [-0.2, 0) is 4.74 Å². The van der Waals surface area contributed by atoms with Crippen molar-refractivity contribution < 1.29 is 14.6 Å². The Kier molecular flexibility index (Phi) is 4.13. The predicted octanol–water partition coefficient (Wildman–Crippen LogP) is 0.838. The first-order valence-corrected chi connectivity index (χ1v) is 8.71. The molecule has 26 heavy (non-hydrogen) atoms. The summed E-state index contributed by atoms with van der Waals surface area (Å²) in [5.41, 5.74) is 0.143. The third-order valence-electron chi connectivity index (χ3n) is 5.26. The highest BCUT2D eigenvalue weighted by Crippen LogP contribution is 2.42. The predicted molar refractivity (Wildman–Crippen MR) is 94.0 cm³/mol. The Morgan fingerprint density at radius 1 is 1.38 bits per heavy atom. The molecule has 0 radical (unpaired) electrons. The van der Waals surface area contributed by atoms with Gasteiger partial charge in [0, 0.05) is 18.5 Å². The average Bonchev–Trinajstić information content (AvgIpc) is 3.19. The molecule has 1 amide bonds. The lowest BCUT2D eigenvalue weighted by Gasteiger charge is -2.25. The Hall–Kier alpha value is -2.51. The summed E-state index contributed by atoms with van der Waals surface area (Å²) in [5, 5.41) is 10.6. The van der Waals surface area contributed by atoms with Gasteiger partial charge in [-0.1, -0.05) is 30.3 Å². The molecule has 1 aromatic heterocycles. The zero-order chi connectivity index (χ0) is 18.3. The van der Waals surface area contributed by atoms with E-state index in [9.17, 15) is 14.7 Å². The fourth-order valence-electron chi connectivity index (χ4n) is 3.96. The van der Waals surface area contributed by atoms with Crippen LogP contribution in [0.4, 0.5) is 0 Å². The average molecular weight is 355 g/mol. The number of aliphatic hydroxyl groups is 1. The zero-order valence-corrected chi connectivity index (χ0v) is 14.5. The largest absolute Gasteiger partial charge is 0.388 e. The number of likely N-dealkylation sites (tertiary alicyclic amines) is 1. The van der Waals surface area contributed by atoms with E-state index < -0.39 is 11.7 Å². The number of amides is 1. The van der Waals surface area contributed by atoms with Crippen LogP contribution in [0, 0.1) is 6.92 Å². The molecule has 2 fully saturated rings. The van der Waals surface area contributed by atoms with Crippen LogP contribution in [0.5, 0.6) is 0 Å². The lowest BCUT2D eigenvalue weighted by molar-refractivity contribution is -0.0591. The van der Waals surface area contributed by atoms with Gasteiger partial charge in [0.2, 0.25) is 0 Å². The number of ether oxygens (including phenoxy) is 1. The number of β-amino-alcohol motifs (C(OH)–C–C–N with tert-alkyl or cyclic N) is 1. The number of carbonyl (C=O) groups is 1. The SMILES string of the molecule is Cc1nc(C(=O)N2C[C@@H](O)[C@@]3(C[C@H](c4ccccc4)CO3)C2)cc(=O)[nH]1. The van der Waals surface area contributed by atoms with Crippen molar-refractivity contribution in [2.45, 2.75) is 31.0 Å². The summed E-state index contributed by atoms with van der Waals surface area (Å²) in [6.45, 7) is 2.62. The molecule has 0 bridgehead atoms. The molecule has 2 aliphatic heterocycles. The first kappa shape index (κ1) is 16.9. The van der Waals surface area contributed by atoms with E-state index in [1.807, 2.05) is 18.2 Å². The number of aromatic nitrogens is 2. The van der Waals surface area contributed by atoms with Crippen molar-refractivity contribution in [3.05, 3.63) is 63.8 Å². The maximum Gasteiger partial charge on any atom is 0.272 e. The van der Waals surface area contributed by atoms with E-state index in [-0.39, 0.29) is 29.6 Å². The number of nitrogens with zero attached hydrogens (tertiary/aromatic N) is 2. The van der Waals surface area contributed by atoms with Crippen LogP contribution < -0.4 is 5.56 Å². The van der Waals surface area contributed by atoms with E-state index in [1.54, 1.807) is 6.92 Å². The Morgan fingerprint density at radius 2 is 2.15 bits per heavy atom. The molecule has 3 heterocycles. The van der Waals surface area contributed by atoms with Gasteiger partial charge in [0.1, 0.15) is 23.2 Å². The summed E-state index contributed by atoms with van der Waals surface area (Å²) in [6, 6.07) is 11.2. The number of hydrogen-bond donors (Lipinski definition) is 2. The van der Waals surface area contributed by atoms with Gasteiger partial charge in [-0.25, -0.2) is 4.98 Å². The molecule has 1 aromatic carbocycles. The number of rotatable bonds is 2. The Bertz CT molecular complexity index is 882. The van der Waals surface area contributed by atoms with Gasteiger partial charge < -0.3 is 19.7 Å². The van der Waals surface area contributed by atoms with Crippen molar-refractivity contribution in [2.75, 3.05) is 19.7 Å². The van der Waals surface area contributed by atoms with Gasteiger partial charge in [-0.15, -0.1) is 0 Å². The molecule has 2 saturated heterocycles. The van der Waals surface area contributed by atoms with Gasteiger partial charge in [-0.2, -0.15) is 0 Å². The van der Waals surface area contributed by atoms with E-state index in [1.165, 1.54) is 16.5 Å². The van der Waals surface area contributed by atoms with Crippen LogP contribution in [0.25, 0.3) is 0 Å². The molecule has 3 atom stereocenters. The first-order valence-electron chi connectivity index (χ1n) is 8.71. The fourth-order valence-corrected chi connectivity index (χ4v) is 3.96. The van der Waals surface area contributed by atoms with Crippen molar-refractivity contribution in [2.24, 2.45) is 0 Å². The van der Waals surface area contributed by atoms with Gasteiger partial charge in [0.25, 0.3) is 11.5 Å². The van der Waals surface area contributed by atoms with Crippen LogP contribution in [0.15, 0.2) is 41.2 Å². The van der Waals surface area contributed by atoms with Gasteiger partial charge in [0.05, 0.1) is 13.2 Å². The molecule has 4 rings (SSSR count). The molecule has 1 spiro atoms. The molecule has 7 nitrogen and oxygen atoms in total. The molecular weight excluding hydrogens is 334 g/mol. The summed E-state index contributed by atoms with van der Waals surface area (Å²) in [6.07, 6.45) is -0.104. The Labute approximate surface area is 150 Å². The normalized spacial score (nSPS) is 28.0. The summed E-state index contributed by atoms with van der Waals surface area (Å²) in [4.78, 5) is 32.5. The standard InChI is InChI=1S/C19H21N3O4/c1-12-20-15(7-17(24)21-12)18(25)22-9-16(23)19(11-22)8-14(10-26-19)13-5-3-2-4-6-13/h2-7,14,16,23H,8-11H2,1H3,(H,20,21,24)/t14-,16+,19+/m0/s1. The molecule has 0 saturated carbocycles. The van der Waals surface area contributed by atoms with Gasteiger partial charge >= 0.3 is 0 Å². The highest BCUT2D eigenvalue weighted by molar-refractivity contribution is 5.92. The third-order valence-corrected chi connectivity index (χ3v) is 5.26. The van der Waals surface area contributed by atoms with Gasteiger partial charge in [0.15, 0.2) is 0 Å². The van der Waals surface area contributed by atoms with Crippen molar-refractivity contribution in [3.8, 4) is 0 Å². The quantitative estimate of drug-likeness (QED) is 0.832. The maximum atomic E-state index is 12.7. The smallest absolute Gasteiger partial charge is 0.272 e. The van der Waals surface area contributed by atoms with Gasteiger partial charge in [-0.3, -0.25) is 9.59 Å². The molecule has 7 heteroatoms. The number of carbonyl (C=O) groups excluding carboxylic acids is 1. The summed E-state index contributed by atoms with van der Waals surface area (Å²) >= 11 is 0. The fraction of sp³-hybridized carbons (Fsp3) is 0.421. The van der Waals surface area contributed by atoms with Crippen LogP contribution >= 0.6 is 0 Å². The second kappa shape index (κ2) is 6.34. The Morgan fingerprint density at radius 3 is 2.88 bits per heavy atom. The third kappa shape index (κ3) is 2.93. The minimum atomic E-state index is -0.761. The number of aliphatic hydroxyl groups excluding tert-OH is 1. The minimum Gasteiger partial charge on any atom is -0.388 e. The van der Waals surface area contributed by atoms with Crippen LogP contribution in [-0.4, -0.2) is 57.3 Å². The van der Waals surface area contributed by atoms with Crippen molar-refractivity contribution in [3.63, 3.8) is 0 Å². The summed E-state index contributed by atoms with van der Waals surface area (Å²) in [7, 11) is 0. The van der Waals surface area contributed by atoms with Crippen molar-refractivity contribution in [1.82, 2.24) is 14.9 Å². The highest BCUT2D eigenvalue weighted by atomic mass is 16.5. The van der Waals surface area contributed by atoms with E-state index in [0.717, 1.165) is 0 Å². The lowest BCUT2D eigenvalue weighted by atomic mass is 9.87. The molecule has 2 aliphatic rings. The topological polar surface area (TPSA) is 95.5 Å². The van der Waals surface area contributed by atoms with E-state index in [0.29, 0.717) is 25.4 Å².